The number of rotatable bonds is 6. The average molecular weight is 343 g/mol. The van der Waals surface area contributed by atoms with Gasteiger partial charge in [0.1, 0.15) is 11.9 Å². The van der Waals surface area contributed by atoms with E-state index in [0.717, 1.165) is 5.56 Å². The minimum absolute atomic E-state index is 0.0677. The molecular formula is C20H22FNO3. The lowest BCUT2D eigenvalue weighted by molar-refractivity contribution is 0.0946. The van der Waals surface area contributed by atoms with Gasteiger partial charge in [-0.2, -0.15) is 0 Å². The third-order valence-corrected chi connectivity index (χ3v) is 4.49. The van der Waals surface area contributed by atoms with E-state index in [-0.39, 0.29) is 29.5 Å². The zero-order valence-electron chi connectivity index (χ0n) is 14.4. The minimum Gasteiger partial charge on any atom is -0.490 e. The molecule has 0 saturated heterocycles. The van der Waals surface area contributed by atoms with E-state index >= 15 is 0 Å². The SMILES string of the molecule is C[C@@H]1Oc2c(C(=O)NCCCOc3ccccc3F)cccc2[C@@H]1C. The first kappa shape index (κ1) is 17.3. The summed E-state index contributed by atoms with van der Waals surface area (Å²) in [5.41, 5.74) is 1.63. The number of fused-ring (bicyclic) bond motifs is 1. The zero-order valence-corrected chi connectivity index (χ0v) is 14.4. The molecule has 0 radical (unpaired) electrons. The molecule has 2 aromatic carbocycles. The lowest BCUT2D eigenvalue weighted by Gasteiger charge is -2.10. The summed E-state index contributed by atoms with van der Waals surface area (Å²) in [4.78, 5) is 12.4. The van der Waals surface area contributed by atoms with Gasteiger partial charge >= 0.3 is 0 Å². The number of amides is 1. The van der Waals surface area contributed by atoms with Crippen molar-refractivity contribution in [2.45, 2.75) is 32.3 Å². The van der Waals surface area contributed by atoms with E-state index in [9.17, 15) is 9.18 Å². The number of halogens is 1. The Morgan fingerprint density at radius 1 is 1.20 bits per heavy atom. The van der Waals surface area contributed by atoms with E-state index in [1.54, 1.807) is 24.3 Å². The van der Waals surface area contributed by atoms with E-state index in [0.29, 0.717) is 30.9 Å². The van der Waals surface area contributed by atoms with Crippen LogP contribution in [0.3, 0.4) is 0 Å². The van der Waals surface area contributed by atoms with Gasteiger partial charge in [0.15, 0.2) is 11.6 Å². The summed E-state index contributed by atoms with van der Waals surface area (Å²) in [7, 11) is 0. The molecule has 3 rings (SSSR count). The Kier molecular flexibility index (Phi) is 5.22. The Hall–Kier alpha value is -2.56. The first-order chi connectivity index (χ1) is 12.1. The van der Waals surface area contributed by atoms with Gasteiger partial charge in [0.2, 0.25) is 0 Å². The highest BCUT2D eigenvalue weighted by Crippen LogP contribution is 2.40. The summed E-state index contributed by atoms with van der Waals surface area (Å²) < 4.78 is 24.6. The third kappa shape index (κ3) is 3.76. The molecule has 2 aromatic rings. The molecule has 132 valence electrons. The van der Waals surface area contributed by atoms with Crippen LogP contribution in [0.15, 0.2) is 42.5 Å². The summed E-state index contributed by atoms with van der Waals surface area (Å²) in [6, 6.07) is 11.9. The van der Waals surface area contributed by atoms with Crippen LogP contribution >= 0.6 is 0 Å². The van der Waals surface area contributed by atoms with Crippen LogP contribution in [0.2, 0.25) is 0 Å². The van der Waals surface area contributed by atoms with Gasteiger partial charge in [-0.15, -0.1) is 0 Å². The molecule has 0 aliphatic carbocycles. The van der Waals surface area contributed by atoms with Gasteiger partial charge in [-0.1, -0.05) is 31.2 Å². The maximum Gasteiger partial charge on any atom is 0.255 e. The Balaban J connectivity index is 1.50. The van der Waals surface area contributed by atoms with Crippen molar-refractivity contribution in [3.8, 4) is 11.5 Å². The molecule has 1 amide bonds. The largest absolute Gasteiger partial charge is 0.490 e. The summed E-state index contributed by atoms with van der Waals surface area (Å²) >= 11 is 0. The van der Waals surface area contributed by atoms with E-state index in [2.05, 4.69) is 12.2 Å². The molecule has 1 N–H and O–H groups in total. The van der Waals surface area contributed by atoms with Crippen LogP contribution in [0.4, 0.5) is 4.39 Å². The van der Waals surface area contributed by atoms with Crippen molar-refractivity contribution in [2.75, 3.05) is 13.2 Å². The van der Waals surface area contributed by atoms with E-state index in [1.807, 2.05) is 19.1 Å². The van der Waals surface area contributed by atoms with Crippen LogP contribution in [0.5, 0.6) is 11.5 Å². The van der Waals surface area contributed by atoms with E-state index < -0.39 is 0 Å². The van der Waals surface area contributed by atoms with Gasteiger partial charge in [-0.25, -0.2) is 4.39 Å². The molecule has 0 bridgehead atoms. The second kappa shape index (κ2) is 7.55. The molecular weight excluding hydrogens is 321 g/mol. The number of ether oxygens (including phenoxy) is 2. The second-order valence-electron chi connectivity index (χ2n) is 6.22. The molecule has 1 aliphatic rings. The minimum atomic E-state index is -0.383. The van der Waals surface area contributed by atoms with Crippen LogP contribution in [0, 0.1) is 5.82 Å². The number of nitrogens with one attached hydrogen (secondary N) is 1. The van der Waals surface area contributed by atoms with Gasteiger partial charge in [-0.3, -0.25) is 4.79 Å². The Bertz CT molecular complexity index is 762. The lowest BCUT2D eigenvalue weighted by Crippen LogP contribution is -2.26. The molecule has 25 heavy (non-hydrogen) atoms. The number of hydrogen-bond donors (Lipinski definition) is 1. The lowest BCUT2D eigenvalue weighted by atomic mass is 9.97. The first-order valence-corrected chi connectivity index (χ1v) is 8.53. The molecule has 0 spiro atoms. The van der Waals surface area contributed by atoms with Crippen LogP contribution in [-0.4, -0.2) is 25.2 Å². The second-order valence-corrected chi connectivity index (χ2v) is 6.22. The highest BCUT2D eigenvalue weighted by atomic mass is 19.1. The Morgan fingerprint density at radius 3 is 2.80 bits per heavy atom. The van der Waals surface area contributed by atoms with Gasteiger partial charge < -0.3 is 14.8 Å². The monoisotopic (exact) mass is 343 g/mol. The van der Waals surface area contributed by atoms with E-state index in [4.69, 9.17) is 9.47 Å². The van der Waals surface area contributed by atoms with Crippen molar-refractivity contribution in [1.82, 2.24) is 5.32 Å². The molecule has 4 nitrogen and oxygen atoms in total. The topological polar surface area (TPSA) is 47.6 Å². The van der Waals surface area contributed by atoms with Gasteiger partial charge in [0, 0.05) is 18.0 Å². The number of carbonyl (C=O) groups is 1. The first-order valence-electron chi connectivity index (χ1n) is 8.53. The van der Waals surface area contributed by atoms with Crippen LogP contribution in [0.25, 0.3) is 0 Å². The van der Waals surface area contributed by atoms with Crippen molar-refractivity contribution in [1.29, 1.82) is 0 Å². The maximum absolute atomic E-state index is 13.4. The predicted molar refractivity (Wildman–Crippen MR) is 93.8 cm³/mol. The van der Waals surface area contributed by atoms with Gasteiger partial charge in [0.25, 0.3) is 5.91 Å². The molecule has 0 unspecified atom stereocenters. The van der Waals surface area contributed by atoms with Crippen molar-refractivity contribution in [3.63, 3.8) is 0 Å². The number of benzene rings is 2. The normalized spacial score (nSPS) is 18.4. The van der Waals surface area contributed by atoms with Crippen LogP contribution in [-0.2, 0) is 0 Å². The van der Waals surface area contributed by atoms with Crippen LogP contribution in [0.1, 0.15) is 42.1 Å². The average Bonchev–Trinajstić information content (AvgIpc) is 2.90. The highest BCUT2D eigenvalue weighted by molar-refractivity contribution is 5.97. The molecule has 0 fully saturated rings. The number of carbonyl (C=O) groups excluding carboxylic acids is 1. The van der Waals surface area contributed by atoms with Gasteiger partial charge in [0.05, 0.1) is 12.2 Å². The Morgan fingerprint density at radius 2 is 2.00 bits per heavy atom. The smallest absolute Gasteiger partial charge is 0.255 e. The summed E-state index contributed by atoms with van der Waals surface area (Å²) in [6.07, 6.45) is 0.654. The van der Waals surface area contributed by atoms with Crippen molar-refractivity contribution >= 4 is 5.91 Å². The molecule has 5 heteroatoms. The summed E-state index contributed by atoms with van der Waals surface area (Å²) in [5.74, 6) is 0.640. The highest BCUT2D eigenvalue weighted by Gasteiger charge is 2.30. The fourth-order valence-electron chi connectivity index (χ4n) is 2.88. The van der Waals surface area contributed by atoms with Crippen molar-refractivity contribution in [3.05, 3.63) is 59.4 Å². The molecule has 0 saturated carbocycles. The summed E-state index contributed by atoms with van der Waals surface area (Å²) in [5, 5.41) is 2.87. The van der Waals surface area contributed by atoms with Gasteiger partial charge in [-0.05, 0) is 31.5 Å². The van der Waals surface area contributed by atoms with Crippen molar-refractivity contribution in [2.24, 2.45) is 0 Å². The fourth-order valence-corrected chi connectivity index (χ4v) is 2.88. The summed E-state index contributed by atoms with van der Waals surface area (Å²) in [6.45, 7) is 4.88. The van der Waals surface area contributed by atoms with Crippen molar-refractivity contribution < 1.29 is 18.7 Å². The quantitative estimate of drug-likeness (QED) is 0.809. The fraction of sp³-hybridized carbons (Fsp3) is 0.350. The number of hydrogen-bond acceptors (Lipinski definition) is 3. The molecule has 1 aliphatic heterocycles. The molecule has 0 aromatic heterocycles. The maximum atomic E-state index is 13.4. The predicted octanol–water partition coefficient (Wildman–Crippen LogP) is 3.91. The van der Waals surface area contributed by atoms with E-state index in [1.165, 1.54) is 6.07 Å². The molecule has 2 atom stereocenters. The zero-order chi connectivity index (χ0) is 17.8. The number of para-hydroxylation sites is 2. The molecule has 1 heterocycles. The Labute approximate surface area is 147 Å². The third-order valence-electron chi connectivity index (χ3n) is 4.49. The standard InChI is InChI=1S/C20H22FNO3/c1-13-14(2)25-19-15(13)7-5-8-16(19)20(23)22-11-6-12-24-18-10-4-3-9-17(18)21/h3-5,7-10,13-14H,6,11-12H2,1-2H3,(H,22,23)/t13-,14+/m1/s1. The van der Waals surface area contributed by atoms with Crippen LogP contribution < -0.4 is 14.8 Å².